The molecule has 0 N–H and O–H groups in total. The van der Waals surface area contributed by atoms with Gasteiger partial charge in [0.2, 0.25) is 0 Å². The van der Waals surface area contributed by atoms with Crippen LogP contribution in [0.2, 0.25) is 0 Å². The molecule has 0 aliphatic rings. The van der Waals surface area contributed by atoms with Crippen LogP contribution >= 0.6 is 0 Å². The Hall–Kier alpha value is -6.65. The Kier molecular flexibility index (Phi) is 6.15. The second-order valence-corrected chi connectivity index (χ2v) is 12.4. The molecule has 0 unspecified atom stereocenters. The summed E-state index contributed by atoms with van der Waals surface area (Å²) in [6.45, 7) is 0. The molecule has 10 aromatic rings. The highest BCUT2D eigenvalue weighted by atomic mass is 16.3. The van der Waals surface area contributed by atoms with Gasteiger partial charge in [-0.1, -0.05) is 140 Å². The molecule has 0 amide bonds. The van der Waals surface area contributed by atoms with Crippen LogP contribution in [0.25, 0.3) is 99.5 Å². The Morgan fingerprint density at radius 2 is 0.898 bits per heavy atom. The minimum Gasteiger partial charge on any atom is -0.455 e. The first-order valence-electron chi connectivity index (χ1n) is 16.4. The highest BCUT2D eigenvalue weighted by Crippen LogP contribution is 2.42. The van der Waals surface area contributed by atoms with Crippen LogP contribution in [0.3, 0.4) is 0 Å². The minimum absolute atomic E-state index is 0.590. The van der Waals surface area contributed by atoms with E-state index in [0.29, 0.717) is 17.5 Å². The van der Waals surface area contributed by atoms with Crippen molar-refractivity contribution in [3.8, 4) is 45.3 Å². The first-order valence-corrected chi connectivity index (χ1v) is 16.4. The lowest BCUT2D eigenvalue weighted by molar-refractivity contribution is 0.673. The number of hydrogen-bond acceptors (Lipinski definition) is 4. The van der Waals surface area contributed by atoms with Gasteiger partial charge in [-0.3, -0.25) is 0 Å². The molecule has 0 fully saturated rings. The standard InChI is InChI=1S/C45H27N3O/c1-3-11-28(12-4-1)39-26-34(27-40-41(39)38-24-21-30-14-8-10-18-37(30)42(38)49-40)45-47-43(31-15-5-2-6-16-31)46-44(48-45)33-22-23-36-32(25-33)20-19-29-13-7-9-17-35(29)36/h1-27H. The maximum atomic E-state index is 6.73. The summed E-state index contributed by atoms with van der Waals surface area (Å²) in [6, 6.07) is 56.9. The van der Waals surface area contributed by atoms with Gasteiger partial charge in [-0.25, -0.2) is 15.0 Å². The fourth-order valence-corrected chi connectivity index (χ4v) is 7.11. The summed E-state index contributed by atoms with van der Waals surface area (Å²) in [5, 5.41) is 9.20. The molecule has 0 saturated heterocycles. The van der Waals surface area contributed by atoms with Gasteiger partial charge in [0.1, 0.15) is 11.2 Å². The zero-order chi connectivity index (χ0) is 32.3. The molecule has 0 saturated carbocycles. The molecule has 2 heterocycles. The monoisotopic (exact) mass is 625 g/mol. The van der Waals surface area contributed by atoms with Crippen molar-refractivity contribution in [2.45, 2.75) is 0 Å². The lowest BCUT2D eigenvalue weighted by Crippen LogP contribution is -2.00. The average Bonchev–Trinajstić information content (AvgIpc) is 3.57. The van der Waals surface area contributed by atoms with Crippen molar-refractivity contribution in [3.63, 3.8) is 0 Å². The Balaban J connectivity index is 1.23. The third-order valence-corrected chi connectivity index (χ3v) is 9.48. The summed E-state index contributed by atoms with van der Waals surface area (Å²) in [7, 11) is 0. The highest BCUT2D eigenvalue weighted by Gasteiger charge is 2.19. The van der Waals surface area contributed by atoms with E-state index >= 15 is 0 Å². The molecular formula is C45H27N3O. The minimum atomic E-state index is 0.590. The number of nitrogens with zero attached hydrogens (tertiary/aromatic N) is 3. The highest BCUT2D eigenvalue weighted by molar-refractivity contribution is 6.19. The van der Waals surface area contributed by atoms with Gasteiger partial charge in [-0.05, 0) is 62.3 Å². The van der Waals surface area contributed by atoms with Gasteiger partial charge in [-0.15, -0.1) is 0 Å². The molecule has 10 rings (SSSR count). The van der Waals surface area contributed by atoms with Gasteiger partial charge in [-0.2, -0.15) is 0 Å². The molecular weight excluding hydrogens is 599 g/mol. The van der Waals surface area contributed by atoms with Crippen LogP contribution in [0.4, 0.5) is 0 Å². The molecule has 8 aromatic carbocycles. The second-order valence-electron chi connectivity index (χ2n) is 12.4. The maximum Gasteiger partial charge on any atom is 0.164 e. The van der Waals surface area contributed by atoms with Crippen molar-refractivity contribution in [3.05, 3.63) is 164 Å². The maximum absolute atomic E-state index is 6.73. The number of benzene rings is 8. The predicted octanol–water partition coefficient (Wildman–Crippen LogP) is 11.9. The van der Waals surface area contributed by atoms with Gasteiger partial charge in [0.25, 0.3) is 0 Å². The molecule has 49 heavy (non-hydrogen) atoms. The van der Waals surface area contributed by atoms with Crippen LogP contribution in [0, 0.1) is 0 Å². The van der Waals surface area contributed by atoms with Gasteiger partial charge in [0, 0.05) is 32.8 Å². The Bertz CT molecular complexity index is 2880. The SMILES string of the molecule is c1ccc(-c2nc(-c3ccc4c(ccc5ccccc54)c3)nc(-c3cc(-c4ccccc4)c4c(c3)oc3c5ccccc5ccc34)n2)cc1. The third kappa shape index (κ3) is 4.57. The van der Waals surface area contributed by atoms with Crippen LogP contribution in [0.15, 0.2) is 168 Å². The van der Waals surface area contributed by atoms with E-state index in [4.69, 9.17) is 19.4 Å². The molecule has 0 aliphatic heterocycles. The van der Waals surface area contributed by atoms with Crippen molar-refractivity contribution < 1.29 is 4.42 Å². The fraction of sp³-hybridized carbons (Fsp3) is 0. The topological polar surface area (TPSA) is 51.8 Å². The number of aromatic nitrogens is 3. The van der Waals surface area contributed by atoms with Gasteiger partial charge in [0.05, 0.1) is 0 Å². The van der Waals surface area contributed by atoms with E-state index in [1.807, 2.05) is 36.4 Å². The molecule has 0 bridgehead atoms. The van der Waals surface area contributed by atoms with Crippen LogP contribution < -0.4 is 0 Å². The normalized spacial score (nSPS) is 11.7. The van der Waals surface area contributed by atoms with Crippen molar-refractivity contribution in [1.82, 2.24) is 15.0 Å². The number of furan rings is 1. The van der Waals surface area contributed by atoms with Gasteiger partial charge >= 0.3 is 0 Å². The smallest absolute Gasteiger partial charge is 0.164 e. The lowest BCUT2D eigenvalue weighted by atomic mass is 9.96. The van der Waals surface area contributed by atoms with E-state index < -0.39 is 0 Å². The molecule has 228 valence electrons. The molecule has 0 atom stereocenters. The molecule has 4 heteroatoms. The molecule has 0 radical (unpaired) electrons. The summed E-state index contributed by atoms with van der Waals surface area (Å²) in [5.74, 6) is 1.83. The van der Waals surface area contributed by atoms with E-state index in [1.165, 1.54) is 16.2 Å². The molecule has 2 aromatic heterocycles. The molecule has 0 aliphatic carbocycles. The predicted molar refractivity (Wildman–Crippen MR) is 201 cm³/mol. The first-order chi connectivity index (χ1) is 24.3. The van der Waals surface area contributed by atoms with Crippen molar-refractivity contribution in [1.29, 1.82) is 0 Å². The summed E-state index contributed by atoms with van der Waals surface area (Å²) in [5.41, 5.74) is 6.58. The quantitative estimate of drug-likeness (QED) is 0.183. The van der Waals surface area contributed by atoms with Crippen molar-refractivity contribution >= 4 is 54.3 Å². The van der Waals surface area contributed by atoms with Gasteiger partial charge in [0.15, 0.2) is 17.5 Å². The largest absolute Gasteiger partial charge is 0.455 e. The second kappa shape index (κ2) is 11.0. The summed E-state index contributed by atoms with van der Waals surface area (Å²) >= 11 is 0. The molecule has 0 spiro atoms. The van der Waals surface area contributed by atoms with Crippen LogP contribution in [-0.4, -0.2) is 15.0 Å². The van der Waals surface area contributed by atoms with Crippen LogP contribution in [0.1, 0.15) is 0 Å². The van der Waals surface area contributed by atoms with E-state index in [2.05, 4.69) is 127 Å². The van der Waals surface area contributed by atoms with Gasteiger partial charge < -0.3 is 4.42 Å². The number of hydrogen-bond donors (Lipinski definition) is 0. The Labute approximate surface area is 282 Å². The lowest BCUT2D eigenvalue weighted by Gasteiger charge is -2.11. The molecule has 4 nitrogen and oxygen atoms in total. The summed E-state index contributed by atoms with van der Waals surface area (Å²) in [4.78, 5) is 15.3. The van der Waals surface area contributed by atoms with E-state index in [9.17, 15) is 0 Å². The zero-order valence-electron chi connectivity index (χ0n) is 26.3. The van der Waals surface area contributed by atoms with E-state index in [0.717, 1.165) is 65.9 Å². The van der Waals surface area contributed by atoms with E-state index in [1.54, 1.807) is 0 Å². The zero-order valence-corrected chi connectivity index (χ0v) is 26.3. The Morgan fingerprint density at radius 3 is 1.67 bits per heavy atom. The fourth-order valence-electron chi connectivity index (χ4n) is 7.11. The van der Waals surface area contributed by atoms with Crippen molar-refractivity contribution in [2.24, 2.45) is 0 Å². The van der Waals surface area contributed by atoms with Crippen LogP contribution in [-0.2, 0) is 0 Å². The first kappa shape index (κ1) is 27.5. The third-order valence-electron chi connectivity index (χ3n) is 9.48. The van der Waals surface area contributed by atoms with E-state index in [-0.39, 0.29) is 0 Å². The van der Waals surface area contributed by atoms with Crippen LogP contribution in [0.5, 0.6) is 0 Å². The summed E-state index contributed by atoms with van der Waals surface area (Å²) < 4.78 is 6.73. The number of fused-ring (bicyclic) bond motifs is 8. The Morgan fingerprint density at radius 1 is 0.347 bits per heavy atom. The number of rotatable bonds is 4. The average molecular weight is 626 g/mol. The van der Waals surface area contributed by atoms with Crippen molar-refractivity contribution in [2.75, 3.05) is 0 Å². The summed E-state index contributed by atoms with van der Waals surface area (Å²) in [6.07, 6.45) is 0.